The van der Waals surface area contributed by atoms with Crippen LogP contribution in [0.4, 0.5) is 0 Å². The van der Waals surface area contributed by atoms with E-state index in [1.165, 1.54) is 35.7 Å². The lowest BCUT2D eigenvalue weighted by atomic mass is 9.94. The third-order valence-electron chi connectivity index (χ3n) is 4.25. The van der Waals surface area contributed by atoms with Gasteiger partial charge in [0.05, 0.1) is 10.6 Å². The van der Waals surface area contributed by atoms with Crippen molar-refractivity contribution >= 4 is 29.0 Å². The predicted octanol–water partition coefficient (Wildman–Crippen LogP) is 2.60. The van der Waals surface area contributed by atoms with Gasteiger partial charge in [0.25, 0.3) is 0 Å². The molecule has 1 fully saturated rings. The van der Waals surface area contributed by atoms with E-state index < -0.39 is 0 Å². The molecule has 0 atom stereocenters. The standard InChI is InChI=1S/C15H21N5OS2/c1-19(11-6-3-2-4-7-11)13(21)10-23-15-18-17-14(20(15)16)12-8-5-9-22-12/h5,8-9,11H,2-4,6-7,10,16H2,1H3. The van der Waals surface area contributed by atoms with Gasteiger partial charge in [0.15, 0.2) is 5.82 Å². The quantitative estimate of drug-likeness (QED) is 0.662. The Kier molecular flexibility index (Phi) is 5.22. The molecule has 124 valence electrons. The molecule has 2 aromatic rings. The monoisotopic (exact) mass is 351 g/mol. The van der Waals surface area contributed by atoms with Crippen LogP contribution in [0.5, 0.6) is 0 Å². The summed E-state index contributed by atoms with van der Waals surface area (Å²) < 4.78 is 1.46. The summed E-state index contributed by atoms with van der Waals surface area (Å²) in [6, 6.07) is 4.29. The molecule has 2 N–H and O–H groups in total. The van der Waals surface area contributed by atoms with Crippen molar-refractivity contribution in [2.75, 3.05) is 18.6 Å². The maximum atomic E-state index is 12.4. The Morgan fingerprint density at radius 2 is 2.22 bits per heavy atom. The largest absolute Gasteiger partial charge is 0.342 e. The first-order valence-electron chi connectivity index (χ1n) is 7.79. The number of carbonyl (C=O) groups is 1. The minimum Gasteiger partial charge on any atom is -0.342 e. The number of amides is 1. The van der Waals surface area contributed by atoms with E-state index >= 15 is 0 Å². The van der Waals surface area contributed by atoms with Crippen LogP contribution in [0.3, 0.4) is 0 Å². The van der Waals surface area contributed by atoms with E-state index in [4.69, 9.17) is 5.84 Å². The molecule has 2 aromatic heterocycles. The minimum absolute atomic E-state index is 0.127. The second kappa shape index (κ2) is 7.35. The van der Waals surface area contributed by atoms with Crippen LogP contribution in [0.15, 0.2) is 22.7 Å². The number of hydrogen-bond acceptors (Lipinski definition) is 6. The molecule has 0 spiro atoms. The molecule has 1 saturated carbocycles. The van der Waals surface area contributed by atoms with Gasteiger partial charge in [-0.05, 0) is 24.3 Å². The Hall–Kier alpha value is -1.54. The fourth-order valence-corrected chi connectivity index (χ4v) is 4.34. The lowest BCUT2D eigenvalue weighted by Crippen LogP contribution is -2.39. The van der Waals surface area contributed by atoms with Gasteiger partial charge >= 0.3 is 0 Å². The van der Waals surface area contributed by atoms with Crippen LogP contribution in [-0.2, 0) is 4.79 Å². The van der Waals surface area contributed by atoms with Crippen molar-refractivity contribution in [3.63, 3.8) is 0 Å². The number of nitrogens with zero attached hydrogens (tertiary/aromatic N) is 4. The highest BCUT2D eigenvalue weighted by Crippen LogP contribution is 2.26. The number of thiophene rings is 1. The summed E-state index contributed by atoms with van der Waals surface area (Å²) in [7, 11) is 1.91. The Bertz CT molecular complexity index is 649. The molecular weight excluding hydrogens is 330 g/mol. The van der Waals surface area contributed by atoms with Crippen LogP contribution in [0, 0.1) is 0 Å². The van der Waals surface area contributed by atoms with E-state index in [0.717, 1.165) is 17.7 Å². The average Bonchev–Trinajstić information content (AvgIpc) is 3.22. The number of aromatic nitrogens is 3. The molecule has 1 aliphatic carbocycles. The maximum absolute atomic E-state index is 12.4. The number of hydrogen-bond donors (Lipinski definition) is 1. The minimum atomic E-state index is 0.127. The van der Waals surface area contributed by atoms with Gasteiger partial charge in [-0.1, -0.05) is 37.1 Å². The molecule has 0 aliphatic heterocycles. The zero-order valence-electron chi connectivity index (χ0n) is 13.1. The van der Waals surface area contributed by atoms with Gasteiger partial charge in [-0.25, -0.2) is 4.68 Å². The van der Waals surface area contributed by atoms with Gasteiger partial charge in [0.1, 0.15) is 0 Å². The summed E-state index contributed by atoms with van der Waals surface area (Å²) >= 11 is 2.91. The lowest BCUT2D eigenvalue weighted by Gasteiger charge is -2.31. The molecule has 0 bridgehead atoms. The average molecular weight is 352 g/mol. The van der Waals surface area contributed by atoms with Crippen molar-refractivity contribution in [2.24, 2.45) is 0 Å². The molecule has 0 radical (unpaired) electrons. The first kappa shape index (κ1) is 16.3. The predicted molar refractivity (Wildman–Crippen MR) is 93.9 cm³/mol. The van der Waals surface area contributed by atoms with Crippen LogP contribution in [0.2, 0.25) is 0 Å². The third kappa shape index (κ3) is 3.69. The molecule has 6 nitrogen and oxygen atoms in total. The Morgan fingerprint density at radius 3 is 2.91 bits per heavy atom. The van der Waals surface area contributed by atoms with Crippen molar-refractivity contribution in [1.82, 2.24) is 19.8 Å². The van der Waals surface area contributed by atoms with Crippen LogP contribution in [0.25, 0.3) is 10.7 Å². The zero-order valence-corrected chi connectivity index (χ0v) is 14.8. The molecule has 1 aliphatic rings. The molecule has 3 rings (SSSR count). The van der Waals surface area contributed by atoms with Gasteiger partial charge in [-0.15, -0.1) is 21.5 Å². The van der Waals surface area contributed by atoms with Crippen LogP contribution >= 0.6 is 23.1 Å². The molecule has 23 heavy (non-hydrogen) atoms. The van der Waals surface area contributed by atoms with E-state index in [1.54, 1.807) is 11.3 Å². The summed E-state index contributed by atoms with van der Waals surface area (Å²) in [5, 5.41) is 10.8. The number of nitrogens with two attached hydrogens (primary N) is 1. The summed E-state index contributed by atoms with van der Waals surface area (Å²) in [4.78, 5) is 15.2. The summed E-state index contributed by atoms with van der Waals surface area (Å²) in [5.74, 6) is 7.15. The second-order valence-corrected chi connectivity index (χ2v) is 7.63. The molecule has 0 unspecified atom stereocenters. The van der Waals surface area contributed by atoms with Gasteiger partial charge in [-0.2, -0.15) is 0 Å². The fraction of sp³-hybridized carbons (Fsp3) is 0.533. The highest BCUT2D eigenvalue weighted by atomic mass is 32.2. The summed E-state index contributed by atoms with van der Waals surface area (Å²) in [5.41, 5.74) is 0. The van der Waals surface area contributed by atoms with E-state index in [1.807, 2.05) is 29.5 Å². The van der Waals surface area contributed by atoms with Crippen molar-refractivity contribution in [2.45, 2.75) is 43.3 Å². The molecule has 0 aromatic carbocycles. The van der Waals surface area contributed by atoms with Crippen LogP contribution in [-0.4, -0.2) is 44.5 Å². The van der Waals surface area contributed by atoms with Gasteiger partial charge < -0.3 is 10.7 Å². The maximum Gasteiger partial charge on any atom is 0.233 e. The highest BCUT2D eigenvalue weighted by Gasteiger charge is 2.23. The topological polar surface area (TPSA) is 77.0 Å². The molecular formula is C15H21N5OS2. The van der Waals surface area contributed by atoms with Crippen molar-refractivity contribution in [1.29, 1.82) is 0 Å². The zero-order chi connectivity index (χ0) is 16.2. The Balaban J connectivity index is 1.59. The van der Waals surface area contributed by atoms with Crippen molar-refractivity contribution in [3.05, 3.63) is 17.5 Å². The highest BCUT2D eigenvalue weighted by molar-refractivity contribution is 7.99. The number of nitrogen functional groups attached to an aromatic ring is 1. The normalized spacial score (nSPS) is 15.7. The first-order valence-corrected chi connectivity index (χ1v) is 9.66. The van der Waals surface area contributed by atoms with Gasteiger partial charge in [0.2, 0.25) is 11.1 Å². The third-order valence-corrected chi connectivity index (χ3v) is 6.04. The van der Waals surface area contributed by atoms with Crippen molar-refractivity contribution in [3.8, 4) is 10.7 Å². The van der Waals surface area contributed by atoms with Crippen molar-refractivity contribution < 1.29 is 4.79 Å². The molecule has 8 heteroatoms. The van der Waals surface area contributed by atoms with E-state index in [-0.39, 0.29) is 5.91 Å². The number of rotatable bonds is 5. The molecule has 2 heterocycles. The van der Waals surface area contributed by atoms with E-state index in [0.29, 0.717) is 22.8 Å². The van der Waals surface area contributed by atoms with E-state index in [2.05, 4.69) is 10.2 Å². The number of thioether (sulfide) groups is 1. The van der Waals surface area contributed by atoms with Crippen LogP contribution in [0.1, 0.15) is 32.1 Å². The summed E-state index contributed by atoms with van der Waals surface area (Å²) in [6.45, 7) is 0. The summed E-state index contributed by atoms with van der Waals surface area (Å²) in [6.07, 6.45) is 5.95. The van der Waals surface area contributed by atoms with Gasteiger partial charge in [0, 0.05) is 13.1 Å². The Morgan fingerprint density at radius 1 is 1.43 bits per heavy atom. The van der Waals surface area contributed by atoms with Gasteiger partial charge in [-0.3, -0.25) is 4.79 Å². The number of carbonyl (C=O) groups excluding carboxylic acids is 1. The SMILES string of the molecule is CN(C(=O)CSc1nnc(-c2cccs2)n1N)C1CCCCC1. The molecule has 1 amide bonds. The fourth-order valence-electron chi connectivity index (χ4n) is 2.85. The Labute approximate surface area is 144 Å². The van der Waals surface area contributed by atoms with E-state index in [9.17, 15) is 4.79 Å². The van der Waals surface area contributed by atoms with Crippen LogP contribution < -0.4 is 5.84 Å². The smallest absolute Gasteiger partial charge is 0.233 e. The first-order chi connectivity index (χ1) is 11.2. The second-order valence-electron chi connectivity index (χ2n) is 5.74. The lowest BCUT2D eigenvalue weighted by molar-refractivity contribution is -0.129. The molecule has 0 saturated heterocycles.